The number of carbonyl (C=O) groups excluding carboxylic acids is 4. The number of thiophene rings is 2. The van der Waals surface area contributed by atoms with Crippen molar-refractivity contribution in [2.45, 2.75) is 58.9 Å². The van der Waals surface area contributed by atoms with E-state index in [1.54, 1.807) is 22.5 Å². The van der Waals surface area contributed by atoms with Gasteiger partial charge in [-0.25, -0.2) is 14.8 Å². The predicted octanol–water partition coefficient (Wildman–Crippen LogP) is 9.43. The number of imidazole rings is 2. The lowest BCUT2D eigenvalue weighted by molar-refractivity contribution is -0.132. The van der Waals surface area contributed by atoms with E-state index in [1.165, 1.54) is 50.7 Å². The van der Waals surface area contributed by atoms with Gasteiger partial charge in [-0.05, 0) is 72.2 Å². The van der Waals surface area contributed by atoms with Gasteiger partial charge in [0.15, 0.2) is 0 Å². The Hall–Kier alpha value is -6.32. The quantitative estimate of drug-likeness (QED) is 0.118. The molecule has 13 nitrogen and oxygen atoms in total. The van der Waals surface area contributed by atoms with E-state index >= 15 is 0 Å². The highest BCUT2D eigenvalue weighted by Gasteiger charge is 2.29. The van der Waals surface area contributed by atoms with Gasteiger partial charge in [-0.2, -0.15) is 0 Å². The molecule has 4 N–H and O–H groups in total. The van der Waals surface area contributed by atoms with Crippen LogP contribution in [-0.4, -0.2) is 93.4 Å². The number of nitrogens with zero attached hydrogens (tertiary/aromatic N) is 4. The zero-order chi connectivity index (χ0) is 43.8. The topological polar surface area (TPSA) is 165 Å². The Morgan fingerprint density at radius 2 is 1.35 bits per heavy atom. The maximum absolute atomic E-state index is 12.5. The van der Waals surface area contributed by atoms with Crippen molar-refractivity contribution in [1.82, 2.24) is 40.4 Å². The van der Waals surface area contributed by atoms with Crippen LogP contribution in [0.5, 0.6) is 0 Å². The van der Waals surface area contributed by atoms with Crippen molar-refractivity contribution in [2.75, 3.05) is 39.8 Å². The molecule has 0 spiro atoms. The van der Waals surface area contributed by atoms with E-state index in [1.807, 2.05) is 59.2 Å². The summed E-state index contributed by atoms with van der Waals surface area (Å²) >= 11 is 3.69. The van der Waals surface area contributed by atoms with Crippen LogP contribution in [-0.2, 0) is 19.1 Å². The van der Waals surface area contributed by atoms with Crippen LogP contribution >= 0.6 is 22.7 Å². The van der Waals surface area contributed by atoms with Crippen molar-refractivity contribution in [2.24, 2.45) is 0 Å². The van der Waals surface area contributed by atoms with E-state index in [2.05, 4.69) is 104 Å². The molecule has 7 aromatic rings. The number of nitrogens with one attached hydrogen (secondary N) is 4. The lowest BCUT2D eigenvalue weighted by atomic mass is 10.1. The van der Waals surface area contributed by atoms with Crippen molar-refractivity contribution in [1.29, 1.82) is 0 Å². The molecule has 1 atom stereocenters. The molecule has 6 heterocycles. The summed E-state index contributed by atoms with van der Waals surface area (Å²) in [5.41, 5.74) is 7.52. The molecule has 0 bridgehead atoms. The Bertz CT molecular complexity index is 2470. The highest BCUT2D eigenvalue weighted by Crippen LogP contribution is 2.42. The molecular formula is C47H54N8O5S2. The van der Waals surface area contributed by atoms with Crippen molar-refractivity contribution in [3.63, 3.8) is 0 Å². The van der Waals surface area contributed by atoms with Crippen molar-refractivity contribution in [3.05, 3.63) is 109 Å². The molecule has 0 aliphatic carbocycles. The molecule has 1 unspecified atom stereocenters. The normalized spacial score (nSPS) is 13.5. The number of hydrogen-bond acceptors (Lipinski definition) is 9. The van der Waals surface area contributed by atoms with E-state index in [9.17, 15) is 19.2 Å². The minimum atomic E-state index is -0.674. The smallest absolute Gasteiger partial charge is 0.407 e. The second-order valence-corrected chi connectivity index (χ2v) is 17.0. The lowest BCUT2D eigenvalue weighted by Crippen LogP contribution is -2.41. The summed E-state index contributed by atoms with van der Waals surface area (Å²) in [4.78, 5) is 66.5. The molecule has 4 amide bonds. The number of carbonyl (C=O) groups is 4. The fraction of sp³-hybridized carbons (Fsp3) is 0.319. The van der Waals surface area contributed by atoms with Gasteiger partial charge < -0.3 is 35.1 Å². The zero-order valence-electron chi connectivity index (χ0n) is 35.6. The Morgan fingerprint density at radius 3 is 1.95 bits per heavy atom. The number of ether oxygens (including phenoxy) is 1. The first kappa shape index (κ1) is 45.2. The summed E-state index contributed by atoms with van der Waals surface area (Å²) in [6.07, 6.45) is 10.2. The third-order valence-electron chi connectivity index (χ3n) is 10.1. The van der Waals surface area contributed by atoms with Gasteiger partial charge in [0.2, 0.25) is 17.7 Å². The second-order valence-electron chi connectivity index (χ2n) is 14.8. The van der Waals surface area contributed by atoms with Crippen LogP contribution in [0.4, 0.5) is 4.79 Å². The van der Waals surface area contributed by atoms with Gasteiger partial charge in [-0.15, -0.1) is 22.7 Å². The second kappa shape index (κ2) is 22.5. The van der Waals surface area contributed by atoms with Gasteiger partial charge in [0.1, 0.15) is 6.04 Å². The molecule has 3 aromatic carbocycles. The number of H-pyrrole nitrogens is 2. The summed E-state index contributed by atoms with van der Waals surface area (Å²) in [5.74, 6) is -0.195. The van der Waals surface area contributed by atoms with Crippen LogP contribution in [0.3, 0.4) is 0 Å². The van der Waals surface area contributed by atoms with Crippen LogP contribution in [0.2, 0.25) is 0 Å². The SMILES string of the molecule is CC(=O)NCC(=O)N1CCCC1.CCC.COC(=O)NC(C(=O)N1CCCC1)c1ccccc1.c1ncc(-c2ccc(-c3cc4sc(-c5ccc6nc[nH]c6c5)cc4s3)cc2)[nH]1. The van der Waals surface area contributed by atoms with Crippen LogP contribution in [0, 0.1) is 0 Å². The minimum absolute atomic E-state index is 0.0303. The summed E-state index contributed by atoms with van der Waals surface area (Å²) in [7, 11) is 1.29. The zero-order valence-corrected chi connectivity index (χ0v) is 37.2. The van der Waals surface area contributed by atoms with Gasteiger partial charge in [0.05, 0.1) is 49.2 Å². The molecule has 15 heteroatoms. The molecule has 0 saturated carbocycles. The number of hydrogen-bond donors (Lipinski definition) is 4. The lowest BCUT2D eigenvalue weighted by Gasteiger charge is -2.23. The molecule has 2 aliphatic rings. The van der Waals surface area contributed by atoms with Crippen LogP contribution < -0.4 is 10.6 Å². The molecular weight excluding hydrogens is 821 g/mol. The molecule has 62 heavy (non-hydrogen) atoms. The van der Waals surface area contributed by atoms with Gasteiger partial charge in [-0.1, -0.05) is 80.9 Å². The monoisotopic (exact) mass is 874 g/mol. The molecule has 9 rings (SSSR count). The summed E-state index contributed by atoms with van der Waals surface area (Å²) in [5, 5.41) is 5.10. The Balaban J connectivity index is 0.000000164. The van der Waals surface area contributed by atoms with E-state index in [4.69, 9.17) is 0 Å². The molecule has 0 radical (unpaired) electrons. The predicted molar refractivity (Wildman–Crippen MR) is 249 cm³/mol. The van der Waals surface area contributed by atoms with Crippen molar-refractivity contribution >= 4 is 66.9 Å². The Morgan fingerprint density at radius 1 is 0.758 bits per heavy atom. The molecule has 2 fully saturated rings. The molecule has 2 saturated heterocycles. The highest BCUT2D eigenvalue weighted by atomic mass is 32.1. The van der Waals surface area contributed by atoms with Gasteiger partial charge in [-0.3, -0.25) is 14.4 Å². The maximum Gasteiger partial charge on any atom is 0.407 e. The number of fused-ring (bicyclic) bond motifs is 2. The van der Waals surface area contributed by atoms with Gasteiger partial charge in [0.25, 0.3) is 0 Å². The number of rotatable bonds is 8. The Kier molecular flexibility index (Phi) is 16.4. The fourth-order valence-corrected chi connectivity index (χ4v) is 9.34. The number of likely N-dealkylation sites (tertiary alicyclic amines) is 2. The number of amides is 4. The third-order valence-corrected chi connectivity index (χ3v) is 12.5. The van der Waals surface area contributed by atoms with E-state index in [0.29, 0.717) is 0 Å². The average molecular weight is 875 g/mol. The number of aromatic amines is 2. The number of aromatic nitrogens is 4. The summed E-state index contributed by atoms with van der Waals surface area (Å²) < 4.78 is 7.26. The highest BCUT2D eigenvalue weighted by molar-refractivity contribution is 7.31. The average Bonchev–Trinajstić information content (AvgIpc) is 4.15. The van der Waals surface area contributed by atoms with Gasteiger partial charge in [0, 0.05) is 52.3 Å². The first-order chi connectivity index (χ1) is 30.2. The van der Waals surface area contributed by atoms with Gasteiger partial charge >= 0.3 is 6.09 Å². The first-order valence-electron chi connectivity index (χ1n) is 20.9. The maximum atomic E-state index is 12.5. The fourth-order valence-electron chi connectivity index (χ4n) is 6.95. The number of benzene rings is 3. The van der Waals surface area contributed by atoms with E-state index < -0.39 is 12.1 Å². The largest absolute Gasteiger partial charge is 0.453 e. The van der Waals surface area contributed by atoms with Crippen LogP contribution in [0.25, 0.3) is 52.6 Å². The Labute approximate surface area is 369 Å². The minimum Gasteiger partial charge on any atom is -0.453 e. The standard InChI is InChI=1S/C22H14N4S2.C14H18N2O3.C8H14N2O2.C3H8/c1-3-14(4-2-13(1)18-10-23-11-24-18)19-8-21-22(27-19)9-20(28-21)15-5-6-16-17(7-15)26-12-25-16;1-19-14(18)15-12(11-7-3-2-4-8-11)13(17)16-9-5-6-10-16;1-7(11)9-6-8(12)10-4-2-3-5-10;1-3-2/h1-12H,(H,23,24)(H,25,26);2-4,7-8,12H,5-6,9-10H2,1H3,(H,15,18);2-6H2,1H3,(H,9,11);3H2,1-2H3. The summed E-state index contributed by atoms with van der Waals surface area (Å²) in [6, 6.07) is 28.2. The van der Waals surface area contributed by atoms with Crippen molar-refractivity contribution < 1.29 is 23.9 Å². The van der Waals surface area contributed by atoms with Crippen LogP contribution in [0.15, 0.2) is 104 Å². The summed E-state index contributed by atoms with van der Waals surface area (Å²) in [6.45, 7) is 9.01. The van der Waals surface area contributed by atoms with E-state index in [-0.39, 0.29) is 24.3 Å². The number of alkyl carbamates (subject to hydrolysis) is 1. The molecule has 2 aliphatic heterocycles. The molecule has 4 aromatic heterocycles. The van der Waals surface area contributed by atoms with E-state index in [0.717, 1.165) is 79.7 Å². The first-order valence-corrected chi connectivity index (χ1v) is 22.6. The molecule has 324 valence electrons. The third kappa shape index (κ3) is 12.2. The van der Waals surface area contributed by atoms with Crippen molar-refractivity contribution in [3.8, 4) is 32.1 Å². The number of methoxy groups -OCH3 is 1. The van der Waals surface area contributed by atoms with Crippen LogP contribution in [0.1, 0.15) is 64.5 Å².